The van der Waals surface area contributed by atoms with E-state index in [1.54, 1.807) is 12.1 Å². The predicted octanol–water partition coefficient (Wildman–Crippen LogP) is 0.396. The molecule has 6 nitrogen and oxygen atoms in total. The van der Waals surface area contributed by atoms with Crippen LogP contribution in [0.2, 0.25) is 0 Å². The van der Waals surface area contributed by atoms with Crippen LogP contribution in [0.5, 0.6) is 0 Å². The zero-order valence-electron chi connectivity index (χ0n) is 8.81. The van der Waals surface area contributed by atoms with Crippen LogP contribution in [0.3, 0.4) is 0 Å². The Hall–Kier alpha value is -1.12. The topological polar surface area (TPSA) is 101 Å². The van der Waals surface area contributed by atoms with Gasteiger partial charge in [0.25, 0.3) is 0 Å². The SMILES string of the molecule is NC(=O)NCCNS(=O)(=O)c1cccc(Br)c1. The van der Waals surface area contributed by atoms with Gasteiger partial charge in [0.2, 0.25) is 10.0 Å². The zero-order valence-corrected chi connectivity index (χ0v) is 11.2. The molecule has 0 saturated heterocycles. The molecule has 17 heavy (non-hydrogen) atoms. The zero-order chi connectivity index (χ0) is 12.9. The largest absolute Gasteiger partial charge is 0.352 e. The number of urea groups is 1. The maximum atomic E-state index is 11.8. The van der Waals surface area contributed by atoms with E-state index in [4.69, 9.17) is 5.73 Å². The van der Waals surface area contributed by atoms with E-state index in [1.165, 1.54) is 12.1 Å². The Kier molecular flexibility index (Phi) is 4.91. The number of rotatable bonds is 5. The number of carbonyl (C=O) groups is 1. The normalized spacial score (nSPS) is 11.1. The van der Waals surface area contributed by atoms with Crippen LogP contribution in [-0.2, 0) is 10.0 Å². The van der Waals surface area contributed by atoms with E-state index in [9.17, 15) is 13.2 Å². The highest BCUT2D eigenvalue weighted by molar-refractivity contribution is 9.10. The number of hydrogen-bond acceptors (Lipinski definition) is 3. The summed E-state index contributed by atoms with van der Waals surface area (Å²) in [4.78, 5) is 10.5. The lowest BCUT2D eigenvalue weighted by Crippen LogP contribution is -2.37. The highest BCUT2D eigenvalue weighted by atomic mass is 79.9. The Morgan fingerprint density at radius 1 is 1.35 bits per heavy atom. The van der Waals surface area contributed by atoms with Gasteiger partial charge in [-0.1, -0.05) is 22.0 Å². The average Bonchev–Trinajstić information content (AvgIpc) is 2.24. The Balaban J connectivity index is 2.60. The summed E-state index contributed by atoms with van der Waals surface area (Å²) in [6.07, 6.45) is 0. The molecule has 1 aromatic rings. The molecular weight excluding hydrogens is 310 g/mol. The summed E-state index contributed by atoms with van der Waals surface area (Å²) in [7, 11) is -3.55. The van der Waals surface area contributed by atoms with Crippen molar-refractivity contribution in [3.63, 3.8) is 0 Å². The molecule has 8 heteroatoms. The van der Waals surface area contributed by atoms with E-state index < -0.39 is 16.1 Å². The lowest BCUT2D eigenvalue weighted by Gasteiger charge is -2.07. The molecule has 0 radical (unpaired) electrons. The van der Waals surface area contributed by atoms with Gasteiger partial charge < -0.3 is 11.1 Å². The van der Waals surface area contributed by atoms with Crippen molar-refractivity contribution < 1.29 is 13.2 Å². The lowest BCUT2D eigenvalue weighted by molar-refractivity contribution is 0.249. The Labute approximate surface area is 108 Å². The van der Waals surface area contributed by atoms with Gasteiger partial charge in [-0.2, -0.15) is 0 Å². The fraction of sp³-hybridized carbons (Fsp3) is 0.222. The number of nitrogens with two attached hydrogens (primary N) is 1. The van der Waals surface area contributed by atoms with E-state index in [1.807, 2.05) is 0 Å². The minimum Gasteiger partial charge on any atom is -0.352 e. The van der Waals surface area contributed by atoms with Crippen LogP contribution in [0.4, 0.5) is 4.79 Å². The number of amides is 2. The third-order valence-electron chi connectivity index (χ3n) is 1.82. The van der Waals surface area contributed by atoms with E-state index in [0.29, 0.717) is 4.47 Å². The van der Waals surface area contributed by atoms with Crippen LogP contribution in [0.1, 0.15) is 0 Å². The smallest absolute Gasteiger partial charge is 0.312 e. The fourth-order valence-electron chi connectivity index (χ4n) is 1.09. The van der Waals surface area contributed by atoms with Crippen LogP contribution in [-0.4, -0.2) is 27.5 Å². The molecule has 0 aliphatic carbocycles. The van der Waals surface area contributed by atoms with Crippen molar-refractivity contribution in [3.05, 3.63) is 28.7 Å². The summed E-state index contributed by atoms with van der Waals surface area (Å²) in [5.41, 5.74) is 4.84. The van der Waals surface area contributed by atoms with Crippen molar-refractivity contribution in [3.8, 4) is 0 Å². The third kappa shape index (κ3) is 4.72. The van der Waals surface area contributed by atoms with E-state index in [-0.39, 0.29) is 18.0 Å². The van der Waals surface area contributed by atoms with Crippen LogP contribution in [0.15, 0.2) is 33.6 Å². The predicted molar refractivity (Wildman–Crippen MR) is 66.9 cm³/mol. The van der Waals surface area contributed by atoms with Crippen molar-refractivity contribution in [2.75, 3.05) is 13.1 Å². The van der Waals surface area contributed by atoms with Crippen LogP contribution >= 0.6 is 15.9 Å². The average molecular weight is 322 g/mol. The van der Waals surface area contributed by atoms with Crippen LogP contribution in [0, 0.1) is 0 Å². The number of primary amides is 1. The first-order chi connectivity index (χ1) is 7.92. The first-order valence-corrected chi connectivity index (χ1v) is 6.98. The van der Waals surface area contributed by atoms with E-state index in [2.05, 4.69) is 26.0 Å². The first kappa shape index (κ1) is 13.9. The molecule has 0 atom stereocenters. The molecule has 0 aromatic heterocycles. The number of sulfonamides is 1. The molecule has 2 amide bonds. The molecule has 1 aromatic carbocycles. The van der Waals surface area contributed by atoms with E-state index >= 15 is 0 Å². The summed E-state index contributed by atoms with van der Waals surface area (Å²) in [6, 6.07) is 5.64. The van der Waals surface area contributed by atoms with Crippen molar-refractivity contribution in [1.29, 1.82) is 0 Å². The van der Waals surface area contributed by atoms with Crippen LogP contribution in [0.25, 0.3) is 0 Å². The van der Waals surface area contributed by atoms with Crippen molar-refractivity contribution in [2.45, 2.75) is 4.90 Å². The van der Waals surface area contributed by atoms with Gasteiger partial charge in [-0.3, -0.25) is 0 Å². The third-order valence-corrected chi connectivity index (χ3v) is 3.77. The lowest BCUT2D eigenvalue weighted by atomic mass is 10.4. The molecule has 1 rings (SSSR count). The standard InChI is InChI=1S/C9H12BrN3O3S/c10-7-2-1-3-8(6-7)17(15,16)13-5-4-12-9(11)14/h1-3,6,13H,4-5H2,(H3,11,12,14). The van der Waals surface area contributed by atoms with Crippen molar-refractivity contribution in [2.24, 2.45) is 5.73 Å². The molecule has 0 heterocycles. The summed E-state index contributed by atoms with van der Waals surface area (Å²) in [5.74, 6) is 0. The fourth-order valence-corrected chi connectivity index (χ4v) is 2.72. The molecule has 94 valence electrons. The quantitative estimate of drug-likeness (QED) is 0.684. The molecule has 0 aliphatic heterocycles. The number of halogens is 1. The summed E-state index contributed by atoms with van der Waals surface area (Å²) in [5, 5.41) is 2.28. The van der Waals surface area contributed by atoms with Crippen LogP contribution < -0.4 is 15.8 Å². The minimum absolute atomic E-state index is 0.0811. The highest BCUT2D eigenvalue weighted by Gasteiger charge is 2.13. The molecule has 0 unspecified atom stereocenters. The summed E-state index contributed by atoms with van der Waals surface area (Å²) in [6.45, 7) is 0.223. The first-order valence-electron chi connectivity index (χ1n) is 4.70. The second kappa shape index (κ2) is 5.99. The van der Waals surface area contributed by atoms with Gasteiger partial charge in [0, 0.05) is 17.6 Å². The van der Waals surface area contributed by atoms with Gasteiger partial charge in [-0.25, -0.2) is 17.9 Å². The van der Waals surface area contributed by atoms with Gasteiger partial charge >= 0.3 is 6.03 Å². The van der Waals surface area contributed by atoms with Gasteiger partial charge in [0.15, 0.2) is 0 Å². The van der Waals surface area contributed by atoms with Gasteiger partial charge in [0.05, 0.1) is 4.90 Å². The maximum absolute atomic E-state index is 11.8. The van der Waals surface area contributed by atoms with Gasteiger partial charge in [0.1, 0.15) is 0 Å². The number of carbonyl (C=O) groups excluding carboxylic acids is 1. The maximum Gasteiger partial charge on any atom is 0.312 e. The monoisotopic (exact) mass is 321 g/mol. The summed E-state index contributed by atoms with van der Waals surface area (Å²) < 4.78 is 26.5. The number of benzene rings is 1. The molecular formula is C9H12BrN3O3S. The highest BCUT2D eigenvalue weighted by Crippen LogP contribution is 2.15. The minimum atomic E-state index is -3.55. The molecule has 0 fully saturated rings. The molecule has 0 aliphatic rings. The van der Waals surface area contributed by atoms with Gasteiger partial charge in [-0.05, 0) is 18.2 Å². The molecule has 0 bridgehead atoms. The second-order valence-electron chi connectivity index (χ2n) is 3.15. The van der Waals surface area contributed by atoms with E-state index in [0.717, 1.165) is 0 Å². The second-order valence-corrected chi connectivity index (χ2v) is 5.83. The Bertz CT molecular complexity index is 504. The number of nitrogens with one attached hydrogen (secondary N) is 2. The molecule has 4 N–H and O–H groups in total. The number of hydrogen-bond donors (Lipinski definition) is 3. The summed E-state index contributed by atoms with van der Waals surface area (Å²) >= 11 is 3.19. The van der Waals surface area contributed by atoms with Crippen molar-refractivity contribution >= 4 is 32.0 Å². The van der Waals surface area contributed by atoms with Gasteiger partial charge in [-0.15, -0.1) is 0 Å². The van der Waals surface area contributed by atoms with Crippen molar-refractivity contribution in [1.82, 2.24) is 10.0 Å². The Morgan fingerprint density at radius 2 is 2.06 bits per heavy atom. The molecule has 0 saturated carbocycles. The Morgan fingerprint density at radius 3 is 2.65 bits per heavy atom. The molecule has 0 spiro atoms.